The molecule has 0 unspecified atom stereocenters. The maximum absolute atomic E-state index is 12.9. The zero-order valence-corrected chi connectivity index (χ0v) is 14.6. The summed E-state index contributed by atoms with van der Waals surface area (Å²) in [5.41, 5.74) is 2.53. The highest BCUT2D eigenvalue weighted by Crippen LogP contribution is 2.27. The molecule has 0 bridgehead atoms. The second-order valence-corrected chi connectivity index (χ2v) is 6.83. The third-order valence-electron chi connectivity index (χ3n) is 3.54. The number of unbranched alkanes of at least 4 members (excludes halogenated alkanes) is 1. The Labute approximate surface area is 144 Å². The number of carbonyl (C=O) groups excluding carboxylic acids is 1. The van der Waals surface area contributed by atoms with E-state index in [-0.39, 0.29) is 5.91 Å². The van der Waals surface area contributed by atoms with Gasteiger partial charge in [0.1, 0.15) is 10.7 Å². The molecule has 0 N–H and O–H groups in total. The molecule has 0 aliphatic rings. The van der Waals surface area contributed by atoms with Crippen molar-refractivity contribution in [2.24, 2.45) is 0 Å². The van der Waals surface area contributed by atoms with Crippen LogP contribution in [0.1, 0.15) is 30.3 Å². The van der Waals surface area contributed by atoms with Crippen molar-refractivity contribution >= 4 is 34.3 Å². The first-order valence-corrected chi connectivity index (χ1v) is 9.47. The topological polar surface area (TPSA) is 33.2 Å². The van der Waals surface area contributed by atoms with Crippen LogP contribution in [-0.4, -0.2) is 17.4 Å². The normalized spacial score (nSPS) is 10.7. The summed E-state index contributed by atoms with van der Waals surface area (Å²) >= 11 is 3.16. The molecular weight excluding hydrogens is 324 g/mol. The summed E-state index contributed by atoms with van der Waals surface area (Å²) in [5.74, 6) is -0.0256. The van der Waals surface area contributed by atoms with Crippen molar-refractivity contribution in [3.8, 4) is 10.6 Å². The number of aromatic nitrogens is 1. The maximum Gasteiger partial charge on any atom is 0.277 e. The lowest BCUT2D eigenvalue weighted by molar-refractivity contribution is 0.0982. The summed E-state index contributed by atoms with van der Waals surface area (Å²) in [6.45, 7) is 2.84. The lowest BCUT2D eigenvalue weighted by Gasteiger charge is -2.21. The van der Waals surface area contributed by atoms with Crippen LogP contribution in [0.25, 0.3) is 10.6 Å². The van der Waals surface area contributed by atoms with E-state index in [2.05, 4.69) is 17.3 Å². The lowest BCUT2D eigenvalue weighted by atomic mass is 10.2. The molecule has 118 valence electrons. The number of rotatable bonds is 6. The molecule has 0 aliphatic heterocycles. The number of anilines is 1. The van der Waals surface area contributed by atoms with E-state index in [0.717, 1.165) is 29.1 Å². The predicted molar refractivity (Wildman–Crippen MR) is 98.5 cm³/mol. The standard InChI is InChI=1S/C18H18N2OS2/c1-2-3-10-20(15-7-5-4-6-8-15)18(21)16-13-23-17(19-16)14-9-11-22-12-14/h4-9,11-13H,2-3,10H2,1H3. The molecule has 23 heavy (non-hydrogen) atoms. The van der Waals surface area contributed by atoms with Crippen molar-refractivity contribution in [2.45, 2.75) is 19.8 Å². The van der Waals surface area contributed by atoms with Gasteiger partial charge in [-0.3, -0.25) is 4.79 Å². The van der Waals surface area contributed by atoms with Gasteiger partial charge in [0, 0.05) is 28.6 Å². The molecule has 0 aliphatic carbocycles. The summed E-state index contributed by atoms with van der Waals surface area (Å²) in [6.07, 6.45) is 2.02. The van der Waals surface area contributed by atoms with E-state index in [0.29, 0.717) is 12.2 Å². The Morgan fingerprint density at radius 3 is 2.70 bits per heavy atom. The molecule has 0 radical (unpaired) electrons. The van der Waals surface area contributed by atoms with Crippen LogP contribution in [-0.2, 0) is 0 Å². The predicted octanol–water partition coefficient (Wildman–Crippen LogP) is 5.32. The number of carbonyl (C=O) groups is 1. The summed E-state index contributed by atoms with van der Waals surface area (Å²) in [4.78, 5) is 19.3. The zero-order chi connectivity index (χ0) is 16.1. The molecule has 1 amide bonds. The number of thiophene rings is 1. The molecular formula is C18H18N2OS2. The molecule has 5 heteroatoms. The van der Waals surface area contributed by atoms with Gasteiger partial charge in [0.25, 0.3) is 5.91 Å². The fourth-order valence-electron chi connectivity index (χ4n) is 2.30. The third-order valence-corrected chi connectivity index (χ3v) is 5.11. The van der Waals surface area contributed by atoms with Gasteiger partial charge >= 0.3 is 0 Å². The van der Waals surface area contributed by atoms with E-state index in [1.807, 2.05) is 52.1 Å². The molecule has 1 aromatic carbocycles. The first kappa shape index (κ1) is 15.9. The van der Waals surface area contributed by atoms with E-state index < -0.39 is 0 Å². The number of amides is 1. The molecule has 0 atom stereocenters. The highest BCUT2D eigenvalue weighted by Gasteiger charge is 2.20. The minimum Gasteiger partial charge on any atom is -0.307 e. The number of hydrogen-bond acceptors (Lipinski definition) is 4. The molecule has 2 heterocycles. The molecule has 0 saturated carbocycles. The van der Waals surface area contributed by atoms with Crippen LogP contribution in [0.15, 0.2) is 52.5 Å². The Balaban J connectivity index is 1.86. The summed E-state index contributed by atoms with van der Waals surface area (Å²) in [7, 11) is 0. The smallest absolute Gasteiger partial charge is 0.277 e. The Hall–Kier alpha value is -1.98. The van der Waals surface area contributed by atoms with Crippen LogP contribution in [0, 0.1) is 0 Å². The van der Waals surface area contributed by atoms with Gasteiger partial charge in [-0.2, -0.15) is 11.3 Å². The van der Waals surface area contributed by atoms with Crippen LogP contribution < -0.4 is 4.90 Å². The average Bonchev–Trinajstić information content (AvgIpc) is 3.27. The van der Waals surface area contributed by atoms with Crippen molar-refractivity contribution in [2.75, 3.05) is 11.4 Å². The van der Waals surface area contributed by atoms with Gasteiger partial charge in [-0.1, -0.05) is 31.5 Å². The minimum atomic E-state index is -0.0256. The fourth-order valence-corrected chi connectivity index (χ4v) is 3.81. The fraction of sp³-hybridized carbons (Fsp3) is 0.222. The van der Waals surface area contributed by atoms with Gasteiger partial charge in [-0.05, 0) is 30.0 Å². The minimum absolute atomic E-state index is 0.0256. The van der Waals surface area contributed by atoms with Crippen molar-refractivity contribution in [3.63, 3.8) is 0 Å². The maximum atomic E-state index is 12.9. The van der Waals surface area contributed by atoms with Crippen molar-refractivity contribution < 1.29 is 4.79 Å². The lowest BCUT2D eigenvalue weighted by Crippen LogP contribution is -2.32. The van der Waals surface area contributed by atoms with Gasteiger partial charge in [-0.15, -0.1) is 11.3 Å². The molecule has 2 aromatic heterocycles. The average molecular weight is 342 g/mol. The highest BCUT2D eigenvalue weighted by atomic mass is 32.1. The number of thiazole rings is 1. The molecule has 3 nitrogen and oxygen atoms in total. The van der Waals surface area contributed by atoms with Gasteiger partial charge < -0.3 is 4.90 Å². The Kier molecular flexibility index (Phi) is 5.20. The van der Waals surface area contributed by atoms with E-state index >= 15 is 0 Å². The van der Waals surface area contributed by atoms with Crippen LogP contribution in [0.4, 0.5) is 5.69 Å². The largest absolute Gasteiger partial charge is 0.307 e. The number of hydrogen-bond donors (Lipinski definition) is 0. The van der Waals surface area contributed by atoms with E-state index in [9.17, 15) is 4.79 Å². The zero-order valence-electron chi connectivity index (χ0n) is 12.9. The van der Waals surface area contributed by atoms with Crippen molar-refractivity contribution in [1.82, 2.24) is 4.98 Å². The summed E-state index contributed by atoms with van der Waals surface area (Å²) in [6, 6.07) is 11.9. The van der Waals surface area contributed by atoms with Crippen LogP contribution >= 0.6 is 22.7 Å². The Morgan fingerprint density at radius 1 is 1.17 bits per heavy atom. The van der Waals surface area contributed by atoms with Crippen molar-refractivity contribution in [1.29, 1.82) is 0 Å². The number of para-hydroxylation sites is 1. The van der Waals surface area contributed by atoms with E-state index in [1.54, 1.807) is 11.3 Å². The third kappa shape index (κ3) is 3.68. The number of benzene rings is 1. The summed E-state index contributed by atoms with van der Waals surface area (Å²) < 4.78 is 0. The SMILES string of the molecule is CCCCN(C(=O)c1csc(-c2ccsc2)n1)c1ccccc1. The molecule has 0 spiro atoms. The molecule has 3 aromatic rings. The second-order valence-electron chi connectivity index (χ2n) is 5.20. The highest BCUT2D eigenvalue weighted by molar-refractivity contribution is 7.14. The first-order chi connectivity index (χ1) is 11.3. The van der Waals surface area contributed by atoms with E-state index in [4.69, 9.17) is 0 Å². The Morgan fingerprint density at radius 2 is 2.00 bits per heavy atom. The number of nitrogens with zero attached hydrogens (tertiary/aromatic N) is 2. The molecule has 3 rings (SSSR count). The second kappa shape index (κ2) is 7.53. The monoisotopic (exact) mass is 342 g/mol. The van der Waals surface area contributed by atoms with E-state index in [1.165, 1.54) is 11.3 Å². The quantitative estimate of drug-likeness (QED) is 0.607. The molecule has 0 saturated heterocycles. The van der Waals surface area contributed by atoms with Crippen LogP contribution in [0.3, 0.4) is 0 Å². The first-order valence-electron chi connectivity index (χ1n) is 7.64. The van der Waals surface area contributed by atoms with Crippen LogP contribution in [0.2, 0.25) is 0 Å². The van der Waals surface area contributed by atoms with Gasteiger partial charge in [0.05, 0.1) is 0 Å². The Bertz CT molecular complexity index is 750. The van der Waals surface area contributed by atoms with Gasteiger partial charge in [0.2, 0.25) is 0 Å². The summed E-state index contributed by atoms with van der Waals surface area (Å²) in [5, 5.41) is 6.84. The van der Waals surface area contributed by atoms with Gasteiger partial charge in [0.15, 0.2) is 0 Å². The van der Waals surface area contributed by atoms with Crippen molar-refractivity contribution in [3.05, 3.63) is 58.2 Å². The molecule has 0 fully saturated rings. The van der Waals surface area contributed by atoms with Gasteiger partial charge in [-0.25, -0.2) is 4.98 Å². The van der Waals surface area contributed by atoms with Crippen LogP contribution in [0.5, 0.6) is 0 Å².